The van der Waals surface area contributed by atoms with Crippen LogP contribution in [-0.2, 0) is 0 Å². The molecule has 0 fully saturated rings. The lowest BCUT2D eigenvalue weighted by Crippen LogP contribution is -2.23. The highest BCUT2D eigenvalue weighted by Gasteiger charge is 2.31. The van der Waals surface area contributed by atoms with Crippen molar-refractivity contribution in [3.05, 3.63) is 212 Å². The van der Waals surface area contributed by atoms with Crippen LogP contribution in [0, 0.1) is 11.3 Å². The summed E-state index contributed by atoms with van der Waals surface area (Å²) in [7, 11) is 0. The van der Waals surface area contributed by atoms with E-state index < -0.39 is 0 Å². The van der Waals surface area contributed by atoms with E-state index in [1.165, 1.54) is 27.5 Å². The van der Waals surface area contributed by atoms with E-state index in [2.05, 4.69) is 219 Å². The molecule has 0 aliphatic heterocycles. The Morgan fingerprint density at radius 2 is 1.28 bits per heavy atom. The Hall–Kier alpha value is -7.43. The van der Waals surface area contributed by atoms with E-state index in [-0.39, 0.29) is 5.41 Å². The number of para-hydroxylation sites is 3. The summed E-state index contributed by atoms with van der Waals surface area (Å²) in [5.74, 6) is 1.18. The van der Waals surface area contributed by atoms with E-state index in [1.54, 1.807) is 0 Å². The second-order valence-electron chi connectivity index (χ2n) is 16.6. The second-order valence-corrected chi connectivity index (χ2v) is 16.6. The van der Waals surface area contributed by atoms with E-state index in [0.717, 1.165) is 79.8 Å². The third-order valence-electron chi connectivity index (χ3n) is 12.7. The molecular weight excluding hydrogens is 741 g/mol. The number of fused-ring (bicyclic) bond motifs is 5. The smallest absolute Gasteiger partial charge is 0.161 e. The topological polar surface area (TPSA) is 43.6 Å². The summed E-state index contributed by atoms with van der Waals surface area (Å²) in [6, 6.07) is 57.8. The molecule has 4 heteroatoms. The number of benzene rings is 6. The molecule has 0 spiro atoms. The molecule has 292 valence electrons. The molecule has 3 aromatic heterocycles. The molecule has 0 saturated carbocycles. The minimum atomic E-state index is -0.0451. The third-order valence-corrected chi connectivity index (χ3v) is 12.7. The first kappa shape index (κ1) is 36.6. The number of hydrogen-bond acceptors (Lipinski definition) is 3. The molecule has 2 atom stereocenters. The maximum Gasteiger partial charge on any atom is 0.161 e. The fourth-order valence-corrected chi connectivity index (χ4v) is 9.57. The molecule has 0 amide bonds. The average molecular weight is 785 g/mol. The van der Waals surface area contributed by atoms with Gasteiger partial charge in [0.05, 0.1) is 33.6 Å². The van der Waals surface area contributed by atoms with Gasteiger partial charge >= 0.3 is 0 Å². The lowest BCUT2D eigenvalue weighted by Gasteiger charge is -2.35. The highest BCUT2D eigenvalue weighted by Crippen LogP contribution is 2.46. The van der Waals surface area contributed by atoms with E-state index in [0.29, 0.717) is 11.7 Å². The summed E-state index contributed by atoms with van der Waals surface area (Å²) in [6.07, 6.45) is 15.9. The van der Waals surface area contributed by atoms with Gasteiger partial charge in [0.2, 0.25) is 0 Å². The summed E-state index contributed by atoms with van der Waals surface area (Å²) in [5.41, 5.74) is 14.8. The van der Waals surface area contributed by atoms with E-state index >= 15 is 0 Å². The zero-order valence-corrected chi connectivity index (χ0v) is 34.3. The van der Waals surface area contributed by atoms with Crippen LogP contribution in [0.1, 0.15) is 32.4 Å². The highest BCUT2D eigenvalue weighted by atomic mass is 15.0. The molecule has 9 aromatic rings. The maximum absolute atomic E-state index is 5.53. The summed E-state index contributed by atoms with van der Waals surface area (Å²) in [6.45, 7) is 4.71. The summed E-state index contributed by atoms with van der Waals surface area (Å²) < 4.78 is 2.38. The summed E-state index contributed by atoms with van der Waals surface area (Å²) >= 11 is 0. The molecule has 2 aliphatic rings. The van der Waals surface area contributed by atoms with E-state index in [9.17, 15) is 0 Å². The van der Waals surface area contributed by atoms with Gasteiger partial charge < -0.3 is 4.57 Å². The number of pyridine rings is 1. The fourth-order valence-electron chi connectivity index (χ4n) is 9.57. The normalized spacial score (nSPS) is 17.5. The van der Waals surface area contributed by atoms with Crippen molar-refractivity contribution in [3.8, 4) is 50.7 Å². The first-order valence-electron chi connectivity index (χ1n) is 21.3. The lowest BCUT2D eigenvalue weighted by molar-refractivity contribution is 0.446. The van der Waals surface area contributed by atoms with Crippen molar-refractivity contribution in [2.75, 3.05) is 0 Å². The van der Waals surface area contributed by atoms with Crippen LogP contribution < -0.4 is 0 Å². The number of hydrogen-bond donors (Lipinski definition) is 0. The molecule has 3 heterocycles. The van der Waals surface area contributed by atoms with Gasteiger partial charge in [-0.2, -0.15) is 0 Å². The maximum atomic E-state index is 5.53. The van der Waals surface area contributed by atoms with Gasteiger partial charge in [-0.05, 0) is 65.8 Å². The first-order valence-corrected chi connectivity index (χ1v) is 21.3. The summed E-state index contributed by atoms with van der Waals surface area (Å²) in [5, 5.41) is 3.50. The van der Waals surface area contributed by atoms with Crippen LogP contribution in [0.25, 0.3) is 89.0 Å². The van der Waals surface area contributed by atoms with Crippen LogP contribution >= 0.6 is 0 Å². The minimum Gasteiger partial charge on any atom is -0.307 e. The molecule has 0 bridgehead atoms. The van der Waals surface area contributed by atoms with E-state index in [1.807, 2.05) is 0 Å². The first-order chi connectivity index (χ1) is 30.0. The Labute approximate surface area is 356 Å². The van der Waals surface area contributed by atoms with Crippen molar-refractivity contribution in [1.82, 2.24) is 19.5 Å². The Balaban J connectivity index is 1.12. The monoisotopic (exact) mass is 784 g/mol. The summed E-state index contributed by atoms with van der Waals surface area (Å²) in [4.78, 5) is 16.4. The van der Waals surface area contributed by atoms with Gasteiger partial charge in [0.1, 0.15) is 0 Å². The van der Waals surface area contributed by atoms with Crippen LogP contribution in [0.3, 0.4) is 0 Å². The molecule has 2 unspecified atom stereocenters. The van der Waals surface area contributed by atoms with Crippen LogP contribution in [0.4, 0.5) is 0 Å². The van der Waals surface area contributed by atoms with Gasteiger partial charge in [0.25, 0.3) is 0 Å². The molecule has 4 nitrogen and oxygen atoms in total. The Morgan fingerprint density at radius 1 is 0.623 bits per heavy atom. The third kappa shape index (κ3) is 6.43. The van der Waals surface area contributed by atoms with Gasteiger partial charge in [-0.3, -0.25) is 0 Å². The van der Waals surface area contributed by atoms with Crippen LogP contribution in [0.5, 0.6) is 0 Å². The molecule has 61 heavy (non-hydrogen) atoms. The van der Waals surface area contributed by atoms with Crippen molar-refractivity contribution in [1.29, 1.82) is 0 Å². The van der Waals surface area contributed by atoms with Crippen molar-refractivity contribution in [3.63, 3.8) is 0 Å². The Morgan fingerprint density at radius 3 is 2.05 bits per heavy atom. The van der Waals surface area contributed by atoms with Gasteiger partial charge in [0.15, 0.2) is 5.82 Å². The highest BCUT2D eigenvalue weighted by molar-refractivity contribution is 6.23. The SMILES string of the molecule is CC1CC=CC=C1C1(C)C=CC(c2cc(-c3ccc(-c4ccccc4)cc3)nc(-c3ccccc3-c3nc4ccccc4c4c5ccccc5n(-c5ccccc5)c34)n2)=CC1. The zero-order chi connectivity index (χ0) is 40.9. The standard InChI is InChI=1S/C57H44N4/c1-38-17-9-14-26-48(38)57(2)35-33-42(34-36-57)51-37-50(41-31-29-40(30-32-41)39-18-5-3-6-19-39)59-56(60-51)45-23-11-10-22-44(45)54-55-53(46-24-12-15-27-49(46)58-54)47-25-13-16-28-52(47)61(55)43-20-7-4-8-21-43/h3-16,18-35,37-38H,17,36H2,1-2H3. The predicted molar refractivity (Wildman–Crippen MR) is 254 cm³/mol. The zero-order valence-electron chi connectivity index (χ0n) is 34.3. The number of nitrogens with zero attached hydrogens (tertiary/aromatic N) is 4. The van der Waals surface area contributed by atoms with Crippen molar-refractivity contribution >= 4 is 38.3 Å². The van der Waals surface area contributed by atoms with Crippen molar-refractivity contribution in [2.24, 2.45) is 11.3 Å². The Bertz CT molecular complexity index is 3260. The number of allylic oxidation sites excluding steroid dienone is 8. The number of rotatable bonds is 7. The van der Waals surface area contributed by atoms with Crippen LogP contribution in [0.2, 0.25) is 0 Å². The van der Waals surface area contributed by atoms with Crippen LogP contribution in [-0.4, -0.2) is 19.5 Å². The van der Waals surface area contributed by atoms with Crippen molar-refractivity contribution < 1.29 is 0 Å². The average Bonchev–Trinajstić information content (AvgIpc) is 3.68. The van der Waals surface area contributed by atoms with Gasteiger partial charge in [0, 0.05) is 44.0 Å². The van der Waals surface area contributed by atoms with Crippen LogP contribution in [0.15, 0.2) is 206 Å². The molecule has 6 aromatic carbocycles. The van der Waals surface area contributed by atoms with Gasteiger partial charge in [-0.15, -0.1) is 0 Å². The van der Waals surface area contributed by atoms with Crippen molar-refractivity contribution in [2.45, 2.75) is 26.7 Å². The molecule has 11 rings (SSSR count). The predicted octanol–water partition coefficient (Wildman–Crippen LogP) is 14.7. The van der Waals surface area contributed by atoms with Gasteiger partial charge in [-0.25, -0.2) is 15.0 Å². The quantitative estimate of drug-likeness (QED) is 0.162. The van der Waals surface area contributed by atoms with Gasteiger partial charge in [-0.1, -0.05) is 189 Å². The second kappa shape index (κ2) is 15.0. The molecule has 0 radical (unpaired) electrons. The lowest BCUT2D eigenvalue weighted by atomic mass is 9.69. The molecule has 0 saturated heterocycles. The molecule has 0 N–H and O–H groups in total. The fraction of sp³-hybridized carbons (Fsp3) is 0.105. The molecule has 2 aliphatic carbocycles. The Kier molecular flexibility index (Phi) is 9.00. The van der Waals surface area contributed by atoms with E-state index in [4.69, 9.17) is 15.0 Å². The molecular formula is C57H44N4. The number of aromatic nitrogens is 4. The largest absolute Gasteiger partial charge is 0.307 e. The minimum absolute atomic E-state index is 0.0451.